The van der Waals surface area contributed by atoms with E-state index in [2.05, 4.69) is 4.90 Å². The van der Waals surface area contributed by atoms with E-state index < -0.39 is 6.04 Å². The predicted octanol–water partition coefficient (Wildman–Crippen LogP) is 3.07. The van der Waals surface area contributed by atoms with E-state index in [1.165, 1.54) is 0 Å². The molecule has 3 heterocycles. The van der Waals surface area contributed by atoms with Gasteiger partial charge in [-0.2, -0.15) is 0 Å². The summed E-state index contributed by atoms with van der Waals surface area (Å²) in [6.07, 6.45) is 0. The van der Waals surface area contributed by atoms with Gasteiger partial charge >= 0.3 is 0 Å². The van der Waals surface area contributed by atoms with Gasteiger partial charge in [0.25, 0.3) is 5.91 Å². The van der Waals surface area contributed by atoms with Crippen LogP contribution in [0.15, 0.2) is 57.7 Å². The third-order valence-corrected chi connectivity index (χ3v) is 6.14. The summed E-state index contributed by atoms with van der Waals surface area (Å²) in [5.41, 5.74) is 1.57. The predicted molar refractivity (Wildman–Crippen MR) is 120 cm³/mol. The van der Waals surface area contributed by atoms with Crippen molar-refractivity contribution in [2.45, 2.75) is 13.0 Å². The molecule has 2 aromatic carbocycles. The summed E-state index contributed by atoms with van der Waals surface area (Å²) in [6.45, 7) is 6.78. The van der Waals surface area contributed by atoms with Gasteiger partial charge in [0.2, 0.25) is 5.76 Å². The number of amides is 1. The highest BCUT2D eigenvalue weighted by Gasteiger charge is 2.42. The topological polar surface area (TPSA) is 72.2 Å². The van der Waals surface area contributed by atoms with Crippen LogP contribution in [0.4, 0.5) is 0 Å². The summed E-state index contributed by atoms with van der Waals surface area (Å²) in [5, 5.41) is 0.491. The number of hydrogen-bond acceptors (Lipinski definition) is 6. The molecule has 1 atom stereocenters. The van der Waals surface area contributed by atoms with E-state index >= 15 is 0 Å². The molecule has 1 amide bonds. The van der Waals surface area contributed by atoms with Crippen LogP contribution in [0.3, 0.4) is 0 Å². The van der Waals surface area contributed by atoms with Crippen molar-refractivity contribution in [2.75, 3.05) is 46.0 Å². The third-order valence-electron chi connectivity index (χ3n) is 6.14. The quantitative estimate of drug-likeness (QED) is 0.594. The molecular formula is C25H26N2O5. The smallest absolute Gasteiger partial charge is 0.290 e. The molecule has 0 radical (unpaired) electrons. The summed E-state index contributed by atoms with van der Waals surface area (Å²) in [7, 11) is 0. The number of rotatable bonds is 6. The van der Waals surface area contributed by atoms with Crippen molar-refractivity contribution in [3.05, 3.63) is 75.6 Å². The molecule has 1 saturated heterocycles. The second-order valence-electron chi connectivity index (χ2n) is 8.03. The number of fused-ring (bicyclic) bond motifs is 2. The lowest BCUT2D eigenvalue weighted by atomic mass is 9.98. The number of morpholine rings is 1. The second kappa shape index (κ2) is 8.76. The van der Waals surface area contributed by atoms with Gasteiger partial charge in [-0.25, -0.2) is 0 Å². The van der Waals surface area contributed by atoms with Crippen LogP contribution < -0.4 is 10.2 Å². The largest absolute Gasteiger partial charge is 0.494 e. The maximum Gasteiger partial charge on any atom is 0.290 e. The molecule has 1 fully saturated rings. The second-order valence-corrected chi connectivity index (χ2v) is 8.03. The highest BCUT2D eigenvalue weighted by atomic mass is 16.5. The zero-order valence-electron chi connectivity index (χ0n) is 18.1. The van der Waals surface area contributed by atoms with Crippen LogP contribution >= 0.6 is 0 Å². The van der Waals surface area contributed by atoms with E-state index in [4.69, 9.17) is 13.9 Å². The summed E-state index contributed by atoms with van der Waals surface area (Å²) >= 11 is 0. The van der Waals surface area contributed by atoms with Gasteiger partial charge in [-0.15, -0.1) is 0 Å². The van der Waals surface area contributed by atoms with Gasteiger partial charge in [0.15, 0.2) is 5.43 Å². The Bertz CT molecular complexity index is 1180. The van der Waals surface area contributed by atoms with E-state index in [-0.39, 0.29) is 17.1 Å². The lowest BCUT2D eigenvalue weighted by Gasteiger charge is -2.31. The molecule has 2 aliphatic rings. The monoisotopic (exact) mass is 434 g/mol. The molecule has 7 heteroatoms. The van der Waals surface area contributed by atoms with Crippen molar-refractivity contribution >= 4 is 16.9 Å². The van der Waals surface area contributed by atoms with Crippen molar-refractivity contribution in [2.24, 2.45) is 0 Å². The van der Waals surface area contributed by atoms with E-state index in [0.29, 0.717) is 49.4 Å². The van der Waals surface area contributed by atoms with Gasteiger partial charge in [0, 0.05) is 26.2 Å². The number of nitrogens with zero attached hydrogens (tertiary/aromatic N) is 2. The molecule has 0 saturated carbocycles. The average Bonchev–Trinajstić information content (AvgIpc) is 3.11. The molecule has 7 nitrogen and oxygen atoms in total. The fourth-order valence-electron chi connectivity index (χ4n) is 4.53. The number of benzene rings is 2. The molecule has 32 heavy (non-hydrogen) atoms. The summed E-state index contributed by atoms with van der Waals surface area (Å²) in [6, 6.07) is 14.2. The summed E-state index contributed by atoms with van der Waals surface area (Å²) in [5.74, 6) is 0.663. The minimum Gasteiger partial charge on any atom is -0.494 e. The first-order valence-electron chi connectivity index (χ1n) is 11.1. The summed E-state index contributed by atoms with van der Waals surface area (Å²) in [4.78, 5) is 31.0. The molecule has 2 aliphatic heterocycles. The lowest BCUT2D eigenvalue weighted by Crippen LogP contribution is -2.42. The molecule has 3 aromatic rings. The number of hydrogen-bond donors (Lipinski definition) is 0. The number of carbonyl (C=O) groups excluding carboxylic acids is 1. The van der Waals surface area contributed by atoms with Crippen molar-refractivity contribution in [3.8, 4) is 5.75 Å². The van der Waals surface area contributed by atoms with Crippen LogP contribution in [0.2, 0.25) is 0 Å². The maximum atomic E-state index is 13.5. The third kappa shape index (κ3) is 3.67. The molecule has 1 unspecified atom stereocenters. The number of para-hydroxylation sites is 1. The minimum absolute atomic E-state index is 0.148. The molecular weight excluding hydrogens is 408 g/mol. The van der Waals surface area contributed by atoms with Gasteiger partial charge in [-0.05, 0) is 36.8 Å². The van der Waals surface area contributed by atoms with Gasteiger partial charge < -0.3 is 18.8 Å². The van der Waals surface area contributed by atoms with E-state index in [0.717, 1.165) is 24.4 Å². The Hall–Kier alpha value is -3.16. The van der Waals surface area contributed by atoms with Gasteiger partial charge in [-0.3, -0.25) is 14.5 Å². The van der Waals surface area contributed by atoms with Gasteiger partial charge in [0.1, 0.15) is 11.3 Å². The number of carbonyl (C=O) groups is 1. The minimum atomic E-state index is -0.491. The van der Waals surface area contributed by atoms with Crippen molar-refractivity contribution in [1.82, 2.24) is 9.80 Å². The molecule has 0 N–H and O–H groups in total. The fraction of sp³-hybridized carbons (Fsp3) is 0.360. The molecule has 166 valence electrons. The van der Waals surface area contributed by atoms with Crippen molar-refractivity contribution in [1.29, 1.82) is 0 Å². The van der Waals surface area contributed by atoms with Crippen LogP contribution in [0.25, 0.3) is 11.0 Å². The highest BCUT2D eigenvalue weighted by Crippen LogP contribution is 2.38. The normalized spacial score (nSPS) is 18.8. The van der Waals surface area contributed by atoms with Crippen LogP contribution in [0.5, 0.6) is 5.75 Å². The molecule has 1 aromatic heterocycles. The zero-order valence-corrected chi connectivity index (χ0v) is 18.1. The molecule has 0 aliphatic carbocycles. The Kier molecular flexibility index (Phi) is 5.68. The lowest BCUT2D eigenvalue weighted by molar-refractivity contribution is 0.0314. The highest BCUT2D eigenvalue weighted by molar-refractivity contribution is 5.99. The van der Waals surface area contributed by atoms with Crippen LogP contribution in [0.1, 0.15) is 34.6 Å². The Morgan fingerprint density at radius 2 is 1.75 bits per heavy atom. The van der Waals surface area contributed by atoms with Crippen LogP contribution in [-0.4, -0.2) is 61.7 Å². The number of ether oxygens (including phenoxy) is 2. The first-order valence-corrected chi connectivity index (χ1v) is 11.1. The Morgan fingerprint density at radius 1 is 1.00 bits per heavy atom. The van der Waals surface area contributed by atoms with Crippen LogP contribution in [-0.2, 0) is 4.74 Å². The average molecular weight is 434 g/mol. The fourth-order valence-corrected chi connectivity index (χ4v) is 4.53. The standard InChI is InChI=1S/C25H26N2O5/c1-2-31-18-9-7-17(8-10-18)22-21-23(28)19-5-3-4-6-20(19)32-24(21)25(29)27(22)12-11-26-13-15-30-16-14-26/h3-10,22H,2,11-16H2,1H3. The zero-order chi connectivity index (χ0) is 22.1. The Balaban J connectivity index is 1.56. The van der Waals surface area contributed by atoms with Gasteiger partial charge in [-0.1, -0.05) is 24.3 Å². The molecule has 5 rings (SSSR count). The van der Waals surface area contributed by atoms with E-state index in [1.807, 2.05) is 37.3 Å². The first-order chi connectivity index (χ1) is 15.7. The van der Waals surface area contributed by atoms with E-state index in [9.17, 15) is 9.59 Å². The van der Waals surface area contributed by atoms with Crippen LogP contribution in [0, 0.1) is 0 Å². The Labute approximate surface area is 186 Å². The Morgan fingerprint density at radius 3 is 2.50 bits per heavy atom. The van der Waals surface area contributed by atoms with Crippen molar-refractivity contribution in [3.63, 3.8) is 0 Å². The van der Waals surface area contributed by atoms with Crippen molar-refractivity contribution < 1.29 is 18.7 Å². The van der Waals surface area contributed by atoms with Gasteiger partial charge in [0.05, 0.1) is 36.8 Å². The maximum absolute atomic E-state index is 13.5. The first kappa shape index (κ1) is 20.7. The summed E-state index contributed by atoms with van der Waals surface area (Å²) < 4.78 is 17.0. The van der Waals surface area contributed by atoms with E-state index in [1.54, 1.807) is 23.1 Å². The molecule has 0 bridgehead atoms. The SMILES string of the molecule is CCOc1ccc(C2c3c(oc4ccccc4c3=O)C(=O)N2CCN2CCOCC2)cc1. The molecule has 0 spiro atoms.